The average Bonchev–Trinajstić information content (AvgIpc) is 2.91. The minimum atomic E-state index is -0.110. The number of hydrogen-bond acceptors (Lipinski definition) is 4. The summed E-state index contributed by atoms with van der Waals surface area (Å²) in [5.74, 6) is 2.89. The van der Waals surface area contributed by atoms with Gasteiger partial charge in [0.25, 0.3) is 0 Å². The fraction of sp³-hybridized carbons (Fsp3) is 0.818. The van der Waals surface area contributed by atoms with Crippen LogP contribution in [0.2, 0.25) is 0 Å². The molecule has 0 saturated heterocycles. The van der Waals surface area contributed by atoms with Crippen molar-refractivity contribution in [1.82, 2.24) is 0 Å². The first-order valence-corrected chi connectivity index (χ1v) is 11.0. The van der Waals surface area contributed by atoms with E-state index >= 15 is 0 Å². The lowest BCUT2D eigenvalue weighted by Crippen LogP contribution is -2.50. The fourth-order valence-electron chi connectivity index (χ4n) is 6.84. The van der Waals surface area contributed by atoms with Gasteiger partial charge in [0.05, 0.1) is 6.42 Å². The molecule has 4 rings (SSSR count). The number of allylic oxidation sites excluding steroid dienone is 1. The molecule has 3 fully saturated rings. The van der Waals surface area contributed by atoms with Gasteiger partial charge in [-0.15, -0.1) is 0 Å². The van der Waals surface area contributed by atoms with Gasteiger partial charge in [-0.3, -0.25) is 9.59 Å². The van der Waals surface area contributed by atoms with Crippen molar-refractivity contribution >= 4 is 24.4 Å². The predicted molar refractivity (Wildman–Crippen MR) is 105 cm³/mol. The van der Waals surface area contributed by atoms with Gasteiger partial charge in [-0.1, -0.05) is 25.5 Å². The Morgan fingerprint density at radius 1 is 1.19 bits per heavy atom. The lowest BCUT2D eigenvalue weighted by Gasteiger charge is -2.56. The predicted octanol–water partition coefficient (Wildman–Crippen LogP) is 4.75. The van der Waals surface area contributed by atoms with Gasteiger partial charge in [0.2, 0.25) is 0 Å². The smallest absolute Gasteiger partial charge is 0.306 e. The topological polar surface area (TPSA) is 43.4 Å². The van der Waals surface area contributed by atoms with Crippen LogP contribution in [0.1, 0.15) is 71.6 Å². The zero-order chi connectivity index (χ0) is 18.5. The lowest BCUT2D eigenvalue weighted by atomic mass is 9.48. The van der Waals surface area contributed by atoms with Crippen LogP contribution in [0.15, 0.2) is 11.6 Å². The molecule has 0 aromatic rings. The van der Waals surface area contributed by atoms with Crippen LogP contribution in [0, 0.1) is 28.6 Å². The maximum absolute atomic E-state index is 12.5. The van der Waals surface area contributed by atoms with E-state index in [4.69, 9.17) is 4.74 Å². The Hall–Kier alpha value is -0.770. The number of fused-ring (bicyclic) bond motifs is 5. The van der Waals surface area contributed by atoms with Crippen LogP contribution in [-0.2, 0) is 14.3 Å². The molecule has 0 amide bonds. The van der Waals surface area contributed by atoms with Crippen LogP contribution in [0.3, 0.4) is 0 Å². The number of hydrogen-bond donors (Lipinski definition) is 1. The van der Waals surface area contributed by atoms with Gasteiger partial charge in [0.15, 0.2) is 0 Å². The van der Waals surface area contributed by atoms with Crippen molar-refractivity contribution in [3.63, 3.8) is 0 Å². The second-order valence-corrected chi connectivity index (χ2v) is 9.95. The SMILES string of the molecule is C[C@]12CC[C@H](OC(=O)CCS)CC1=CCC1C2CC[C@]2(C)C(=O)CCC12. The number of esters is 1. The summed E-state index contributed by atoms with van der Waals surface area (Å²) in [6.45, 7) is 4.68. The van der Waals surface area contributed by atoms with Crippen molar-refractivity contribution in [1.29, 1.82) is 0 Å². The van der Waals surface area contributed by atoms with Crippen LogP contribution >= 0.6 is 12.6 Å². The maximum Gasteiger partial charge on any atom is 0.306 e. The first-order chi connectivity index (χ1) is 12.4. The van der Waals surface area contributed by atoms with Crippen LogP contribution in [-0.4, -0.2) is 23.6 Å². The van der Waals surface area contributed by atoms with Crippen molar-refractivity contribution in [2.24, 2.45) is 28.6 Å². The first kappa shape index (κ1) is 18.6. The molecule has 0 radical (unpaired) electrons. The molecule has 0 heterocycles. The molecule has 0 bridgehead atoms. The number of rotatable bonds is 3. The summed E-state index contributed by atoms with van der Waals surface area (Å²) < 4.78 is 5.69. The van der Waals surface area contributed by atoms with Crippen molar-refractivity contribution in [2.45, 2.75) is 77.7 Å². The summed E-state index contributed by atoms with van der Waals surface area (Å²) in [7, 11) is 0. The third-order valence-corrected chi connectivity index (χ3v) is 8.61. The normalized spacial score (nSPS) is 44.6. The van der Waals surface area contributed by atoms with Crippen molar-refractivity contribution < 1.29 is 14.3 Å². The van der Waals surface area contributed by atoms with E-state index in [1.807, 2.05) is 0 Å². The minimum absolute atomic E-state index is 0.0418. The zero-order valence-corrected chi connectivity index (χ0v) is 17.0. The second kappa shape index (κ2) is 6.68. The third-order valence-electron chi connectivity index (χ3n) is 8.38. The largest absolute Gasteiger partial charge is 0.462 e. The van der Waals surface area contributed by atoms with E-state index in [1.54, 1.807) is 0 Å². The Balaban J connectivity index is 1.52. The number of ketones is 1. The highest BCUT2D eigenvalue weighted by Crippen LogP contribution is 2.64. The minimum Gasteiger partial charge on any atom is -0.462 e. The number of carbonyl (C=O) groups excluding carboxylic acids is 2. The van der Waals surface area contributed by atoms with E-state index in [0.29, 0.717) is 35.7 Å². The Morgan fingerprint density at radius 3 is 2.69 bits per heavy atom. The number of thiol groups is 1. The molecule has 3 nitrogen and oxygen atoms in total. The quantitative estimate of drug-likeness (QED) is 0.439. The Morgan fingerprint density at radius 2 is 1.92 bits per heavy atom. The van der Waals surface area contributed by atoms with Crippen LogP contribution < -0.4 is 0 Å². The highest BCUT2D eigenvalue weighted by molar-refractivity contribution is 7.80. The molecule has 4 aliphatic carbocycles. The van der Waals surface area contributed by atoms with Crippen molar-refractivity contribution in [2.75, 3.05) is 5.75 Å². The van der Waals surface area contributed by atoms with Gasteiger partial charge in [-0.25, -0.2) is 0 Å². The molecule has 0 aromatic heterocycles. The standard InChI is InChI=1S/C22H32O3S/c1-21-10-7-15(25-20(24)9-12-26)13-14(21)3-4-16-17-5-6-19(23)22(17,2)11-8-18(16)21/h3,15-18,26H,4-13H2,1-2H3/t15-,16?,17?,18?,21-,22-/m0/s1. The molecule has 144 valence electrons. The monoisotopic (exact) mass is 376 g/mol. The molecule has 0 aromatic carbocycles. The highest BCUT2D eigenvalue weighted by atomic mass is 32.1. The number of carbonyl (C=O) groups is 2. The van der Waals surface area contributed by atoms with Crippen LogP contribution in [0.4, 0.5) is 0 Å². The zero-order valence-electron chi connectivity index (χ0n) is 16.1. The van der Waals surface area contributed by atoms with Gasteiger partial charge in [-0.2, -0.15) is 12.6 Å². The molecule has 26 heavy (non-hydrogen) atoms. The molecule has 3 unspecified atom stereocenters. The van der Waals surface area contributed by atoms with E-state index in [-0.39, 0.29) is 22.9 Å². The summed E-state index contributed by atoms with van der Waals surface area (Å²) in [5, 5.41) is 0. The average molecular weight is 377 g/mol. The highest BCUT2D eigenvalue weighted by Gasteiger charge is 2.58. The van der Waals surface area contributed by atoms with Gasteiger partial charge >= 0.3 is 5.97 Å². The summed E-state index contributed by atoms with van der Waals surface area (Å²) >= 11 is 4.12. The second-order valence-electron chi connectivity index (χ2n) is 9.51. The summed E-state index contributed by atoms with van der Waals surface area (Å²) in [6.07, 6.45) is 11.1. The molecule has 0 spiro atoms. The van der Waals surface area contributed by atoms with Crippen LogP contribution in [0.25, 0.3) is 0 Å². The van der Waals surface area contributed by atoms with E-state index in [1.165, 1.54) is 12.0 Å². The number of ether oxygens (including phenoxy) is 1. The summed E-state index contributed by atoms with van der Waals surface area (Å²) in [4.78, 5) is 24.3. The molecule has 4 aliphatic rings. The van der Waals surface area contributed by atoms with Crippen molar-refractivity contribution in [3.8, 4) is 0 Å². The van der Waals surface area contributed by atoms with E-state index in [2.05, 4.69) is 32.6 Å². The van der Waals surface area contributed by atoms with Gasteiger partial charge in [0, 0.05) is 24.0 Å². The van der Waals surface area contributed by atoms with Gasteiger partial charge < -0.3 is 4.74 Å². The third kappa shape index (κ3) is 2.78. The van der Waals surface area contributed by atoms with Crippen LogP contribution in [0.5, 0.6) is 0 Å². The van der Waals surface area contributed by atoms with E-state index < -0.39 is 0 Å². The van der Waals surface area contributed by atoms with Gasteiger partial charge in [-0.05, 0) is 61.7 Å². The van der Waals surface area contributed by atoms with E-state index in [0.717, 1.165) is 44.9 Å². The molecule has 6 atom stereocenters. The molecule has 0 aliphatic heterocycles. The van der Waals surface area contributed by atoms with Crippen molar-refractivity contribution in [3.05, 3.63) is 11.6 Å². The summed E-state index contributed by atoms with van der Waals surface area (Å²) in [5.41, 5.74) is 1.70. The first-order valence-electron chi connectivity index (χ1n) is 10.4. The maximum atomic E-state index is 12.5. The molecule has 4 heteroatoms. The molecular formula is C22H32O3S. The Labute approximate surface area is 162 Å². The Kier molecular flexibility index (Phi) is 4.78. The summed E-state index contributed by atoms with van der Waals surface area (Å²) in [6, 6.07) is 0. The lowest BCUT2D eigenvalue weighted by molar-refractivity contribution is -0.150. The molecular weight excluding hydrogens is 344 g/mol. The molecule has 3 saturated carbocycles. The number of Topliss-reactive ketones (excluding diaryl/α,β-unsaturated/α-hetero) is 1. The van der Waals surface area contributed by atoms with Gasteiger partial charge in [0.1, 0.15) is 11.9 Å². The van der Waals surface area contributed by atoms with E-state index in [9.17, 15) is 9.59 Å². The fourth-order valence-corrected chi connectivity index (χ4v) is 7.02. The molecule has 0 N–H and O–H groups in total. The Bertz CT molecular complexity index is 641.